The Kier molecular flexibility index (Phi) is 25.2. The fourth-order valence-electron chi connectivity index (χ4n) is 13.2. The third kappa shape index (κ3) is 22.2. The molecule has 0 saturated carbocycles. The molecule has 0 bridgehead atoms. The van der Waals surface area contributed by atoms with E-state index < -0.39 is 8.60 Å². The maximum absolute atomic E-state index is 7.59. The van der Waals surface area contributed by atoms with E-state index in [4.69, 9.17) is 13.6 Å². The fraction of sp³-hybridized carbons (Fsp3) is 0.750. The van der Waals surface area contributed by atoms with Crippen molar-refractivity contribution in [3.8, 4) is 17.2 Å². The topological polar surface area (TPSA) is 27.7 Å². The highest BCUT2D eigenvalue weighted by atomic mass is 31.2. The Labute approximate surface area is 474 Å². The zero-order valence-electron chi connectivity index (χ0n) is 54.7. The number of benzene rings is 3. The van der Waals surface area contributed by atoms with E-state index in [9.17, 15) is 0 Å². The third-order valence-electron chi connectivity index (χ3n) is 16.6. The molecule has 0 N–H and O–H groups in total. The first-order valence-electron chi connectivity index (χ1n) is 31.2. The van der Waals surface area contributed by atoms with Crippen molar-refractivity contribution < 1.29 is 13.6 Å². The van der Waals surface area contributed by atoms with Gasteiger partial charge in [0.05, 0.1) is 0 Å². The Hall–Kier alpha value is -2.51. The molecule has 0 radical (unpaired) electrons. The van der Waals surface area contributed by atoms with E-state index in [0.717, 1.165) is 55.8 Å². The molecule has 0 fully saturated rings. The van der Waals surface area contributed by atoms with E-state index in [1.165, 1.54) is 130 Å². The summed E-state index contributed by atoms with van der Waals surface area (Å²) in [6, 6.07) is 21.3. The number of rotatable bonds is 33. The molecular weight excluding hydrogens is 944 g/mol. The van der Waals surface area contributed by atoms with Gasteiger partial charge in [0, 0.05) is 16.7 Å². The molecule has 3 aromatic carbocycles. The van der Waals surface area contributed by atoms with E-state index in [1.54, 1.807) is 0 Å². The summed E-state index contributed by atoms with van der Waals surface area (Å²) in [5.74, 6) is 2.62. The van der Waals surface area contributed by atoms with Gasteiger partial charge in [-0.15, -0.1) is 0 Å². The van der Waals surface area contributed by atoms with Crippen LogP contribution in [0.5, 0.6) is 17.2 Å². The molecule has 0 aliphatic rings. The van der Waals surface area contributed by atoms with Gasteiger partial charge in [0.1, 0.15) is 17.2 Å². The monoisotopic (exact) mass is 1070 g/mol. The lowest BCUT2D eigenvalue weighted by Gasteiger charge is -2.36. The first kappa shape index (κ1) is 67.8. The molecule has 76 heavy (non-hydrogen) atoms. The summed E-state index contributed by atoms with van der Waals surface area (Å²) in [4.78, 5) is 0. The lowest BCUT2D eigenvalue weighted by atomic mass is 9.70. The molecule has 3 aromatic rings. The van der Waals surface area contributed by atoms with E-state index in [2.05, 4.69) is 221 Å². The van der Waals surface area contributed by atoms with Crippen molar-refractivity contribution in [3.63, 3.8) is 0 Å². The van der Waals surface area contributed by atoms with Crippen molar-refractivity contribution in [1.29, 1.82) is 0 Å². The van der Waals surface area contributed by atoms with Gasteiger partial charge in [-0.25, -0.2) is 0 Å². The molecular formula is C72H123O3P. The maximum atomic E-state index is 7.59. The quantitative estimate of drug-likeness (QED) is 0.0449. The van der Waals surface area contributed by atoms with Gasteiger partial charge in [0.2, 0.25) is 0 Å². The highest BCUT2D eigenvalue weighted by Crippen LogP contribution is 2.53. The van der Waals surface area contributed by atoms with E-state index in [-0.39, 0.29) is 48.7 Å². The summed E-state index contributed by atoms with van der Waals surface area (Å²) in [5, 5.41) is 0. The number of hydrogen-bond donors (Lipinski definition) is 0. The van der Waals surface area contributed by atoms with Crippen molar-refractivity contribution in [3.05, 3.63) is 88.0 Å². The lowest BCUT2D eigenvalue weighted by molar-refractivity contribution is 0.283. The minimum Gasteiger partial charge on any atom is -0.408 e. The van der Waals surface area contributed by atoms with Gasteiger partial charge in [-0.1, -0.05) is 299 Å². The van der Waals surface area contributed by atoms with Gasteiger partial charge in [-0.3, -0.25) is 0 Å². The van der Waals surface area contributed by atoms with Gasteiger partial charge in [-0.2, -0.15) is 0 Å². The van der Waals surface area contributed by atoms with Crippen LogP contribution in [-0.4, -0.2) is 0 Å². The van der Waals surface area contributed by atoms with Crippen LogP contribution in [-0.2, 0) is 32.5 Å². The van der Waals surface area contributed by atoms with E-state index >= 15 is 0 Å². The zero-order valence-corrected chi connectivity index (χ0v) is 55.6. The molecule has 0 atom stereocenters. The smallest absolute Gasteiger partial charge is 0.408 e. The first-order chi connectivity index (χ1) is 34.9. The Morgan fingerprint density at radius 1 is 0.289 bits per heavy atom. The van der Waals surface area contributed by atoms with Crippen LogP contribution in [0, 0.1) is 16.2 Å². The first-order valence-corrected chi connectivity index (χ1v) is 32.3. The maximum Gasteiger partial charge on any atom is 0.530 e. The summed E-state index contributed by atoms with van der Waals surface area (Å²) < 4.78 is 22.8. The van der Waals surface area contributed by atoms with Crippen LogP contribution >= 0.6 is 8.60 Å². The molecule has 0 aliphatic heterocycles. The van der Waals surface area contributed by atoms with Crippen LogP contribution in [0.4, 0.5) is 0 Å². The largest absolute Gasteiger partial charge is 0.530 e. The number of unbranched alkanes of at least 4 members (excludes halogenated alkanes) is 12. The molecule has 0 aromatic heterocycles. The van der Waals surface area contributed by atoms with Crippen LogP contribution in [0.1, 0.15) is 334 Å². The van der Waals surface area contributed by atoms with Gasteiger partial charge in [0.25, 0.3) is 0 Å². The van der Waals surface area contributed by atoms with Crippen molar-refractivity contribution in [2.24, 2.45) is 16.2 Å². The molecule has 3 rings (SSSR count). The van der Waals surface area contributed by atoms with Crippen LogP contribution < -0.4 is 13.6 Å². The molecule has 4 heteroatoms. The summed E-state index contributed by atoms with van der Waals surface area (Å²) in [6.07, 6.45) is 25.3. The molecule has 0 saturated heterocycles. The highest BCUT2D eigenvalue weighted by molar-refractivity contribution is 7.43. The van der Waals surface area contributed by atoms with E-state index in [0.29, 0.717) is 0 Å². The Morgan fingerprint density at radius 2 is 0.513 bits per heavy atom. The SMILES string of the molecule is CCCCCCCC(C)(C)c1cc(C(C)(C)CC(C)(C)C)ccc1OP(Oc1ccc(C(C)(C)CC(C)(C)C)cc1C(C)(C)CCCCCCC)Oc1ccc(C(C)(C)CC(C)(C)C)cc1C(C)(C)CCCCCCC. The second-order valence-electron chi connectivity index (χ2n) is 31.6. The highest BCUT2D eigenvalue weighted by Gasteiger charge is 2.38. The average molecular weight is 1070 g/mol. The Bertz CT molecular complexity index is 1930. The summed E-state index contributed by atoms with van der Waals surface area (Å²) in [6.45, 7) is 57.5. The molecule has 0 heterocycles. The van der Waals surface area contributed by atoms with Crippen molar-refractivity contribution in [2.75, 3.05) is 0 Å². The summed E-state index contributed by atoms with van der Waals surface area (Å²) in [7, 11) is -2.02. The van der Waals surface area contributed by atoms with Crippen LogP contribution in [0.3, 0.4) is 0 Å². The van der Waals surface area contributed by atoms with Gasteiger partial charge in [-0.05, 0) is 122 Å². The minimum atomic E-state index is -2.02. The van der Waals surface area contributed by atoms with Crippen LogP contribution in [0.15, 0.2) is 54.6 Å². The second kappa shape index (κ2) is 28.3. The molecule has 0 unspecified atom stereocenters. The Morgan fingerprint density at radius 3 is 0.724 bits per heavy atom. The van der Waals surface area contributed by atoms with Crippen molar-refractivity contribution in [1.82, 2.24) is 0 Å². The molecule has 3 nitrogen and oxygen atoms in total. The minimum absolute atomic E-state index is 0.0282. The van der Waals surface area contributed by atoms with E-state index in [1.807, 2.05) is 0 Å². The molecule has 0 spiro atoms. The normalized spacial score (nSPS) is 13.7. The fourth-order valence-corrected chi connectivity index (χ4v) is 14.2. The predicted molar refractivity (Wildman–Crippen MR) is 339 cm³/mol. The summed E-state index contributed by atoms with van der Waals surface area (Å²) in [5.41, 5.74) is 7.86. The molecule has 0 aliphatic carbocycles. The van der Waals surface area contributed by atoms with Crippen LogP contribution in [0.25, 0.3) is 0 Å². The zero-order chi connectivity index (χ0) is 57.6. The second-order valence-corrected chi connectivity index (χ2v) is 32.6. The van der Waals surface area contributed by atoms with Gasteiger partial charge in [0.15, 0.2) is 0 Å². The Balaban J connectivity index is 2.46. The van der Waals surface area contributed by atoms with Gasteiger partial charge < -0.3 is 13.6 Å². The lowest BCUT2D eigenvalue weighted by Crippen LogP contribution is -2.27. The number of hydrogen-bond acceptors (Lipinski definition) is 3. The van der Waals surface area contributed by atoms with Crippen LogP contribution in [0.2, 0.25) is 0 Å². The summed E-state index contributed by atoms with van der Waals surface area (Å²) >= 11 is 0. The predicted octanol–water partition coefficient (Wildman–Crippen LogP) is 24.5. The standard InChI is InChI=1S/C72H123O3P/c1-25-28-31-34-37-46-67(13,14)58-49-55(70(19,20)52-64(4,5)6)40-43-61(58)73-76(74-62-44-41-56(71(21,22)53-65(7,8)9)50-59(62)68(15,16)47-38-35-32-29-26-2)75-63-45-42-57(72(23,24)54-66(10,11)12)51-60(63)69(17,18)48-39-36-33-30-27-3/h40-45,49-51H,25-39,46-48,52-54H2,1-24H3. The molecule has 0 amide bonds. The van der Waals surface area contributed by atoms with Crippen molar-refractivity contribution in [2.45, 2.75) is 333 Å². The van der Waals surface area contributed by atoms with Gasteiger partial charge >= 0.3 is 8.60 Å². The molecule has 434 valence electrons. The third-order valence-corrected chi connectivity index (χ3v) is 17.7. The average Bonchev–Trinajstić information content (AvgIpc) is 3.26. The van der Waals surface area contributed by atoms with Crippen molar-refractivity contribution >= 4 is 8.60 Å².